The third-order valence-electron chi connectivity index (χ3n) is 4.29. The van der Waals surface area contributed by atoms with Crippen LogP contribution in [0.2, 0.25) is 0 Å². The minimum Gasteiger partial charge on any atom is -0.397 e. The smallest absolute Gasteiger partial charge is 0.263 e. The molecule has 0 aliphatic rings. The summed E-state index contributed by atoms with van der Waals surface area (Å²) in [6, 6.07) is 15.4. The third kappa shape index (κ3) is 3.07. The lowest BCUT2D eigenvalue weighted by Gasteiger charge is -2.09. The van der Waals surface area contributed by atoms with Crippen molar-refractivity contribution in [3.05, 3.63) is 63.2 Å². The van der Waals surface area contributed by atoms with Crippen molar-refractivity contribution < 1.29 is 4.79 Å². The van der Waals surface area contributed by atoms with E-state index in [9.17, 15) is 10.1 Å². The van der Waals surface area contributed by atoms with E-state index in [1.54, 1.807) is 11.3 Å². The lowest BCUT2D eigenvalue weighted by atomic mass is 9.97. The zero-order valence-corrected chi connectivity index (χ0v) is 16.2. The standard InChI is InChI=1S/C20H15N5OS2/c21-9-13-14(11-5-2-1-3-6-11)15-16(22)17(28-20(15)25-18(13)23)19(26)24-10-12-7-4-8-27-12/h1-8H,10,22H2,(H2,23,25)(H,24,26). The van der Waals surface area contributed by atoms with Gasteiger partial charge in [0.2, 0.25) is 0 Å². The predicted octanol–water partition coefficient (Wildman–Crippen LogP) is 3.99. The van der Waals surface area contributed by atoms with Crippen LogP contribution in [-0.4, -0.2) is 10.9 Å². The highest BCUT2D eigenvalue weighted by Crippen LogP contribution is 2.42. The number of benzene rings is 1. The Morgan fingerprint density at radius 2 is 1.96 bits per heavy atom. The first-order valence-corrected chi connectivity index (χ1v) is 10.1. The number of hydrogen-bond donors (Lipinski definition) is 3. The number of fused-ring (bicyclic) bond motifs is 1. The van der Waals surface area contributed by atoms with Crippen molar-refractivity contribution >= 4 is 50.3 Å². The van der Waals surface area contributed by atoms with E-state index in [-0.39, 0.29) is 17.3 Å². The number of nitriles is 1. The van der Waals surface area contributed by atoms with E-state index in [4.69, 9.17) is 11.5 Å². The summed E-state index contributed by atoms with van der Waals surface area (Å²) in [7, 11) is 0. The van der Waals surface area contributed by atoms with Crippen LogP contribution in [-0.2, 0) is 6.54 Å². The second-order valence-electron chi connectivity index (χ2n) is 6.01. The maximum absolute atomic E-state index is 12.7. The second kappa shape index (κ2) is 7.31. The minimum atomic E-state index is -0.273. The van der Waals surface area contributed by atoms with Gasteiger partial charge in [-0.3, -0.25) is 4.79 Å². The molecular formula is C20H15N5OS2. The van der Waals surface area contributed by atoms with Gasteiger partial charge in [-0.15, -0.1) is 22.7 Å². The van der Waals surface area contributed by atoms with Crippen molar-refractivity contribution in [1.29, 1.82) is 5.26 Å². The van der Waals surface area contributed by atoms with E-state index in [1.807, 2.05) is 47.8 Å². The fraction of sp³-hybridized carbons (Fsp3) is 0.0500. The van der Waals surface area contributed by atoms with E-state index in [0.717, 1.165) is 10.4 Å². The topological polar surface area (TPSA) is 118 Å². The Hall–Kier alpha value is -3.41. The van der Waals surface area contributed by atoms with Gasteiger partial charge in [0.15, 0.2) is 0 Å². The molecule has 0 saturated carbocycles. The first-order valence-electron chi connectivity index (χ1n) is 8.37. The largest absolute Gasteiger partial charge is 0.397 e. The van der Waals surface area contributed by atoms with E-state index in [1.165, 1.54) is 11.3 Å². The number of thiophene rings is 2. The number of nitrogen functional groups attached to an aromatic ring is 2. The number of rotatable bonds is 4. The van der Waals surface area contributed by atoms with Gasteiger partial charge >= 0.3 is 0 Å². The molecule has 4 aromatic rings. The maximum atomic E-state index is 12.7. The number of carbonyl (C=O) groups is 1. The van der Waals surface area contributed by atoms with Crippen LogP contribution in [0.4, 0.5) is 11.5 Å². The molecule has 0 unspecified atom stereocenters. The molecule has 0 saturated heterocycles. The van der Waals surface area contributed by atoms with E-state index in [2.05, 4.69) is 16.4 Å². The van der Waals surface area contributed by atoms with Crippen LogP contribution in [0.5, 0.6) is 0 Å². The zero-order chi connectivity index (χ0) is 19.7. The quantitative estimate of drug-likeness (QED) is 0.474. The molecule has 0 aliphatic carbocycles. The third-order valence-corrected chi connectivity index (χ3v) is 6.26. The molecule has 28 heavy (non-hydrogen) atoms. The second-order valence-corrected chi connectivity index (χ2v) is 8.04. The highest BCUT2D eigenvalue weighted by molar-refractivity contribution is 7.21. The number of nitrogens with two attached hydrogens (primary N) is 2. The molecule has 0 fully saturated rings. The fourth-order valence-corrected chi connectivity index (χ4v) is 4.68. The average Bonchev–Trinajstić information content (AvgIpc) is 3.34. The van der Waals surface area contributed by atoms with Crippen LogP contribution < -0.4 is 16.8 Å². The minimum absolute atomic E-state index is 0.126. The lowest BCUT2D eigenvalue weighted by Crippen LogP contribution is -2.22. The molecule has 138 valence electrons. The van der Waals surface area contributed by atoms with Crippen LogP contribution in [0.25, 0.3) is 21.3 Å². The van der Waals surface area contributed by atoms with Gasteiger partial charge in [0.1, 0.15) is 27.2 Å². The van der Waals surface area contributed by atoms with Gasteiger partial charge in [-0.05, 0) is 17.0 Å². The number of amides is 1. The summed E-state index contributed by atoms with van der Waals surface area (Å²) in [4.78, 5) is 19.0. The monoisotopic (exact) mass is 405 g/mol. The first kappa shape index (κ1) is 18.0. The van der Waals surface area contributed by atoms with Crippen molar-refractivity contribution in [2.45, 2.75) is 6.54 Å². The molecule has 0 radical (unpaired) electrons. The van der Waals surface area contributed by atoms with Crippen molar-refractivity contribution in [3.8, 4) is 17.2 Å². The molecule has 4 rings (SSSR count). The molecule has 0 aliphatic heterocycles. The molecule has 6 nitrogen and oxygen atoms in total. The highest BCUT2D eigenvalue weighted by atomic mass is 32.1. The SMILES string of the molecule is N#Cc1c(N)nc2sc(C(=O)NCc3cccs3)c(N)c2c1-c1ccccc1. The van der Waals surface area contributed by atoms with Crippen LogP contribution >= 0.6 is 22.7 Å². The zero-order valence-electron chi connectivity index (χ0n) is 14.6. The summed E-state index contributed by atoms with van der Waals surface area (Å²) in [5.74, 6) is -0.148. The molecule has 0 bridgehead atoms. The molecule has 8 heteroatoms. The summed E-state index contributed by atoms with van der Waals surface area (Å²) in [6.45, 7) is 0.425. The molecular weight excluding hydrogens is 390 g/mol. The summed E-state index contributed by atoms with van der Waals surface area (Å²) in [5.41, 5.74) is 14.4. The van der Waals surface area contributed by atoms with E-state index in [0.29, 0.717) is 32.9 Å². The lowest BCUT2D eigenvalue weighted by molar-refractivity contribution is 0.0956. The molecule has 0 spiro atoms. The summed E-state index contributed by atoms with van der Waals surface area (Å²) in [5, 5.41) is 15.1. The Kier molecular flexibility index (Phi) is 4.69. The number of nitrogens with zero attached hydrogens (tertiary/aromatic N) is 2. The van der Waals surface area contributed by atoms with Gasteiger partial charge in [0, 0.05) is 15.8 Å². The molecule has 3 aromatic heterocycles. The van der Waals surface area contributed by atoms with Gasteiger partial charge < -0.3 is 16.8 Å². The first-order chi connectivity index (χ1) is 13.6. The molecule has 1 aromatic carbocycles. The summed E-state index contributed by atoms with van der Waals surface area (Å²) in [6.07, 6.45) is 0. The number of hydrogen-bond acceptors (Lipinski definition) is 7. The van der Waals surface area contributed by atoms with Gasteiger partial charge in [0.25, 0.3) is 5.91 Å². The van der Waals surface area contributed by atoms with E-state index >= 15 is 0 Å². The number of carbonyl (C=O) groups excluding carboxylic acids is 1. The normalized spacial score (nSPS) is 10.7. The van der Waals surface area contributed by atoms with Crippen molar-refractivity contribution in [1.82, 2.24) is 10.3 Å². The summed E-state index contributed by atoms with van der Waals surface area (Å²) >= 11 is 2.75. The van der Waals surface area contributed by atoms with Crippen molar-refractivity contribution in [3.63, 3.8) is 0 Å². The Morgan fingerprint density at radius 3 is 2.64 bits per heavy atom. The number of aromatic nitrogens is 1. The molecule has 0 atom stereocenters. The predicted molar refractivity (Wildman–Crippen MR) is 114 cm³/mol. The Balaban J connectivity index is 1.84. The van der Waals surface area contributed by atoms with Crippen LogP contribution in [0.15, 0.2) is 47.8 Å². The summed E-state index contributed by atoms with van der Waals surface area (Å²) < 4.78 is 0. The average molecular weight is 406 g/mol. The van der Waals surface area contributed by atoms with Gasteiger partial charge in [-0.2, -0.15) is 5.26 Å². The van der Waals surface area contributed by atoms with E-state index < -0.39 is 0 Å². The number of pyridine rings is 1. The number of anilines is 2. The number of nitrogens with one attached hydrogen (secondary N) is 1. The Labute approximate surface area is 169 Å². The maximum Gasteiger partial charge on any atom is 0.263 e. The van der Waals surface area contributed by atoms with Crippen molar-refractivity contribution in [2.24, 2.45) is 0 Å². The van der Waals surface area contributed by atoms with Gasteiger partial charge in [-0.1, -0.05) is 36.4 Å². The Morgan fingerprint density at radius 1 is 1.18 bits per heavy atom. The Bertz CT molecular complexity index is 1210. The molecule has 5 N–H and O–H groups in total. The highest BCUT2D eigenvalue weighted by Gasteiger charge is 2.24. The van der Waals surface area contributed by atoms with Gasteiger partial charge in [-0.25, -0.2) is 4.98 Å². The van der Waals surface area contributed by atoms with Crippen LogP contribution in [0, 0.1) is 11.3 Å². The fourth-order valence-electron chi connectivity index (χ4n) is 3.01. The van der Waals surface area contributed by atoms with Gasteiger partial charge in [0.05, 0.1) is 12.2 Å². The molecule has 3 heterocycles. The van der Waals surface area contributed by atoms with Crippen molar-refractivity contribution in [2.75, 3.05) is 11.5 Å². The van der Waals surface area contributed by atoms with Crippen LogP contribution in [0.1, 0.15) is 20.1 Å². The molecule has 1 amide bonds. The van der Waals surface area contributed by atoms with Crippen LogP contribution in [0.3, 0.4) is 0 Å².